The first-order valence-electron chi connectivity index (χ1n) is 4.83. The molecule has 4 bridgehead atoms. The molecule has 0 saturated heterocycles. The molecule has 0 aromatic heterocycles. The van der Waals surface area contributed by atoms with Gasteiger partial charge in [0.2, 0.25) is 0 Å². The number of carbonyl (C=O) groups is 2. The zero-order valence-electron chi connectivity index (χ0n) is 8.06. The Morgan fingerprint density at radius 1 is 1.53 bits per heavy atom. The predicted molar refractivity (Wildman–Crippen MR) is 58.2 cm³/mol. The van der Waals surface area contributed by atoms with Gasteiger partial charge in [0.05, 0.1) is 0 Å². The molecule has 15 heavy (non-hydrogen) atoms. The van der Waals surface area contributed by atoms with Gasteiger partial charge in [0.15, 0.2) is 0 Å². The van der Waals surface area contributed by atoms with E-state index in [9.17, 15) is 9.59 Å². The fraction of sp³-hybridized carbons (Fsp3) is 0.0909. The van der Waals surface area contributed by atoms with Crippen LogP contribution >= 0.6 is 0 Å². The van der Waals surface area contributed by atoms with Gasteiger partial charge >= 0.3 is 95.5 Å². The molecule has 0 N–H and O–H groups in total. The molecule has 72 valence electrons. The Hall–Kier alpha value is -1.03. The van der Waals surface area contributed by atoms with Crippen LogP contribution < -0.4 is 6.21 Å². The van der Waals surface area contributed by atoms with Gasteiger partial charge in [0.25, 0.3) is 0 Å². The topological polar surface area (TPSA) is 37.4 Å². The van der Waals surface area contributed by atoms with Gasteiger partial charge in [-0.05, 0) is 0 Å². The standard InChI is InChI=1S/C11H9NO2.In/c1-2-11(14)12-10-5-3-4-9(8-10)6-7-13;/h2-3,5,8H,1,6H2,(H,12,14);/q;+1/p-1. The van der Waals surface area contributed by atoms with Crippen molar-refractivity contribution in [1.29, 1.82) is 0 Å². The van der Waals surface area contributed by atoms with E-state index in [1.165, 1.54) is 9.40 Å². The molecule has 1 aromatic rings. The van der Waals surface area contributed by atoms with Crippen LogP contribution in [0.5, 0.6) is 0 Å². The van der Waals surface area contributed by atoms with Crippen LogP contribution in [0.15, 0.2) is 30.9 Å². The third-order valence-electron chi connectivity index (χ3n) is 3.04. The average Bonchev–Trinajstić information content (AvgIpc) is 2.51. The van der Waals surface area contributed by atoms with Gasteiger partial charge < -0.3 is 0 Å². The maximum absolute atomic E-state index is 11.8. The summed E-state index contributed by atoms with van der Waals surface area (Å²) < 4.78 is 3.24. The van der Waals surface area contributed by atoms with Gasteiger partial charge in [-0.25, -0.2) is 0 Å². The van der Waals surface area contributed by atoms with Crippen LogP contribution in [0.2, 0.25) is 0 Å². The molecule has 0 radical (unpaired) electrons. The number of anilines is 1. The van der Waals surface area contributed by atoms with Crippen molar-refractivity contribution in [2.24, 2.45) is 0 Å². The van der Waals surface area contributed by atoms with Gasteiger partial charge in [-0.1, -0.05) is 0 Å². The summed E-state index contributed by atoms with van der Waals surface area (Å²) in [6.07, 6.45) is 1.85. The molecule has 4 heteroatoms. The summed E-state index contributed by atoms with van der Waals surface area (Å²) in [7, 11) is 0. The molecule has 0 unspecified atom stereocenters. The van der Waals surface area contributed by atoms with Crippen LogP contribution in [-0.4, -0.2) is 31.2 Å². The fourth-order valence-electron chi connectivity index (χ4n) is 2.40. The van der Waals surface area contributed by atoms with Crippen LogP contribution in [-0.2, 0) is 16.0 Å². The second kappa shape index (κ2) is 2.98. The Balaban J connectivity index is 2.21. The Labute approximate surface area is 95.3 Å². The molecule has 0 spiro atoms. The van der Waals surface area contributed by atoms with Gasteiger partial charge in [0, 0.05) is 0 Å². The molecule has 3 aliphatic heterocycles. The van der Waals surface area contributed by atoms with Crippen LogP contribution in [0.4, 0.5) is 5.69 Å². The van der Waals surface area contributed by atoms with E-state index in [1.807, 2.05) is 18.2 Å². The molecule has 0 aliphatic carbocycles. The van der Waals surface area contributed by atoms with Gasteiger partial charge in [-0.2, -0.15) is 0 Å². The molecule has 4 rings (SSSR count). The number of nitrogens with zero attached hydrogens (tertiary/aromatic N) is 1. The summed E-state index contributed by atoms with van der Waals surface area (Å²) in [5, 5.41) is 0. The van der Waals surface area contributed by atoms with Crippen molar-refractivity contribution in [3.05, 3.63) is 36.4 Å². The van der Waals surface area contributed by atoms with Gasteiger partial charge in [0.1, 0.15) is 0 Å². The molecule has 1 amide bonds. The van der Waals surface area contributed by atoms with Crippen molar-refractivity contribution in [1.82, 2.24) is 0 Å². The third kappa shape index (κ3) is 1.08. The van der Waals surface area contributed by atoms with Crippen LogP contribution in [0.25, 0.3) is 0 Å². The number of carbonyl (C=O) groups excluding carboxylic acids is 2. The Morgan fingerprint density at radius 3 is 3.07 bits per heavy atom. The second-order valence-corrected chi connectivity index (χ2v) is 11.2. The Morgan fingerprint density at radius 2 is 2.33 bits per heavy atom. The van der Waals surface area contributed by atoms with E-state index >= 15 is 0 Å². The Kier molecular flexibility index (Phi) is 1.83. The molecule has 3 nitrogen and oxygen atoms in total. The van der Waals surface area contributed by atoms with Crippen molar-refractivity contribution in [3.8, 4) is 0 Å². The van der Waals surface area contributed by atoms with E-state index in [2.05, 4.69) is 6.58 Å². The monoisotopic (exact) mass is 301 g/mol. The van der Waals surface area contributed by atoms with Crippen molar-refractivity contribution in [2.45, 2.75) is 6.42 Å². The number of benzene rings is 1. The second-order valence-electron chi connectivity index (χ2n) is 3.84. The number of fused-ring (bicyclic) bond motifs is 1. The first-order chi connectivity index (χ1) is 7.22. The van der Waals surface area contributed by atoms with Gasteiger partial charge in [-0.15, -0.1) is 0 Å². The Bertz CT molecular complexity index is 509. The molecule has 3 aliphatic rings. The van der Waals surface area contributed by atoms with E-state index in [0.29, 0.717) is 9.96 Å². The molecule has 0 saturated carbocycles. The van der Waals surface area contributed by atoms with Crippen molar-refractivity contribution < 1.29 is 9.59 Å². The first kappa shape index (κ1) is 9.21. The summed E-state index contributed by atoms with van der Waals surface area (Å²) in [6, 6.07) is 5.92. The zero-order chi connectivity index (χ0) is 10.6. The molecule has 0 fully saturated rings. The van der Waals surface area contributed by atoms with Crippen molar-refractivity contribution >= 4 is 40.2 Å². The number of hydrogen-bond acceptors (Lipinski definition) is 2. The van der Waals surface area contributed by atoms with E-state index < -0.39 is 21.7 Å². The van der Waals surface area contributed by atoms with Crippen LogP contribution in [0, 0.1) is 0 Å². The zero-order valence-corrected chi connectivity index (χ0v) is 11.4. The van der Waals surface area contributed by atoms with E-state index in [0.717, 1.165) is 11.3 Å². The maximum atomic E-state index is 11.8. The summed E-state index contributed by atoms with van der Waals surface area (Å²) in [5.74, 6) is -0.113. The number of hydrogen-bond donors (Lipinski definition) is 0. The van der Waals surface area contributed by atoms with E-state index in [-0.39, 0.29) is 5.91 Å². The number of amides is 1. The SMILES string of the molecule is C=CC(=O)[N]1c2cc[c]3c(c2)C[C](=O)[In]31. The van der Waals surface area contributed by atoms with Crippen molar-refractivity contribution in [3.63, 3.8) is 0 Å². The molecule has 3 heterocycles. The predicted octanol–water partition coefficient (Wildman–Crippen LogP) is 0.0821. The van der Waals surface area contributed by atoms with E-state index in [4.69, 9.17) is 0 Å². The summed E-state index contributed by atoms with van der Waals surface area (Å²) in [6.45, 7) is 3.49. The molecular formula is C11H8InNO2. The van der Waals surface area contributed by atoms with Gasteiger partial charge in [-0.3, -0.25) is 0 Å². The van der Waals surface area contributed by atoms with Crippen molar-refractivity contribution in [2.75, 3.05) is 2.89 Å². The third-order valence-corrected chi connectivity index (χ3v) is 11.7. The van der Waals surface area contributed by atoms with Crippen LogP contribution in [0.1, 0.15) is 5.56 Å². The normalized spacial score (nSPS) is 16.1. The summed E-state index contributed by atoms with van der Waals surface area (Å²) in [5.41, 5.74) is 2.06. The minimum atomic E-state index is -2.65. The average molecular weight is 301 g/mol. The minimum absolute atomic E-state index is 0.113. The van der Waals surface area contributed by atoms with E-state index in [1.54, 1.807) is 2.89 Å². The quantitative estimate of drug-likeness (QED) is 0.689. The number of rotatable bonds is 1. The molecule has 1 aromatic carbocycles. The summed E-state index contributed by atoms with van der Waals surface area (Å²) in [4.78, 5) is 23.5. The molecular weight excluding hydrogens is 293 g/mol. The summed E-state index contributed by atoms with van der Waals surface area (Å²) >= 11 is -2.65. The van der Waals surface area contributed by atoms with Crippen LogP contribution in [0.3, 0.4) is 0 Å². The fourth-order valence-corrected chi connectivity index (χ4v) is 10.9. The molecule has 0 atom stereocenters. The first-order valence-corrected chi connectivity index (χ1v) is 9.60.